The van der Waals surface area contributed by atoms with Crippen LogP contribution in [0.15, 0.2) is 0 Å². The normalized spacial score (nSPS) is 28.5. The first-order valence-electron chi connectivity index (χ1n) is 3.63. The molecule has 2 unspecified atom stereocenters. The molecule has 5 heteroatoms. The minimum Gasteiger partial charge on any atom is -0.480 e. The molecule has 1 aliphatic rings. The van der Waals surface area contributed by atoms with E-state index in [-0.39, 0.29) is 23.7 Å². The summed E-state index contributed by atoms with van der Waals surface area (Å²) < 4.78 is 0. The highest BCUT2D eigenvalue weighted by atomic mass is 32.2. The Bertz CT molecular complexity index is 219. The minimum atomic E-state index is -0.950. The molecule has 12 heavy (non-hydrogen) atoms. The molecule has 0 aromatic heterocycles. The van der Waals surface area contributed by atoms with Gasteiger partial charge in [0.2, 0.25) is 5.91 Å². The second-order valence-electron chi connectivity index (χ2n) is 2.77. The lowest BCUT2D eigenvalue weighted by atomic mass is 10.0. The van der Waals surface area contributed by atoms with Crippen LogP contribution in [-0.4, -0.2) is 40.1 Å². The quantitative estimate of drug-likeness (QED) is 0.646. The molecule has 1 heterocycles. The van der Waals surface area contributed by atoms with Crippen molar-refractivity contribution in [1.29, 1.82) is 0 Å². The summed E-state index contributed by atoms with van der Waals surface area (Å²) in [6, 6.07) is 0. The molecule has 4 nitrogen and oxygen atoms in total. The van der Waals surface area contributed by atoms with Crippen LogP contribution < -0.4 is 0 Å². The van der Waals surface area contributed by atoms with Crippen LogP contribution in [0.3, 0.4) is 0 Å². The smallest absolute Gasteiger partial charge is 0.323 e. The Hall–Kier alpha value is -0.710. The molecule has 0 aromatic carbocycles. The van der Waals surface area contributed by atoms with Crippen LogP contribution in [0.2, 0.25) is 0 Å². The number of carbonyl (C=O) groups is 2. The average molecular weight is 189 g/mol. The Kier molecular flexibility index (Phi) is 2.62. The molecule has 1 rings (SSSR count). The zero-order valence-electron chi connectivity index (χ0n) is 6.98. The third-order valence-corrected chi connectivity index (χ3v) is 3.10. The van der Waals surface area contributed by atoms with E-state index in [1.165, 1.54) is 16.7 Å². The van der Waals surface area contributed by atoms with Gasteiger partial charge in [0.05, 0.1) is 11.3 Å². The number of carbonyl (C=O) groups excluding carboxylic acids is 1. The van der Waals surface area contributed by atoms with Gasteiger partial charge in [-0.05, 0) is 6.26 Å². The number of nitrogens with zero attached hydrogens (tertiary/aromatic N) is 1. The van der Waals surface area contributed by atoms with Gasteiger partial charge in [0.1, 0.15) is 6.54 Å². The second kappa shape index (κ2) is 3.35. The van der Waals surface area contributed by atoms with Crippen LogP contribution in [0.1, 0.15) is 6.92 Å². The Labute approximate surface area is 74.9 Å². The van der Waals surface area contributed by atoms with Gasteiger partial charge in [-0.1, -0.05) is 6.92 Å². The number of rotatable bonds is 3. The number of aliphatic carboxylic acids is 1. The van der Waals surface area contributed by atoms with Crippen LogP contribution in [0, 0.1) is 5.92 Å². The molecule has 1 N–H and O–H groups in total. The van der Waals surface area contributed by atoms with Crippen LogP contribution in [0.5, 0.6) is 0 Å². The molecule has 0 radical (unpaired) electrons. The topological polar surface area (TPSA) is 57.6 Å². The maximum absolute atomic E-state index is 11.1. The van der Waals surface area contributed by atoms with Gasteiger partial charge in [-0.2, -0.15) is 0 Å². The number of hydrogen-bond acceptors (Lipinski definition) is 3. The zero-order chi connectivity index (χ0) is 9.30. The van der Waals surface area contributed by atoms with Crippen molar-refractivity contribution in [1.82, 2.24) is 4.90 Å². The number of likely N-dealkylation sites (tertiary alicyclic amines) is 1. The molecule has 1 saturated heterocycles. The van der Waals surface area contributed by atoms with E-state index in [1.54, 1.807) is 0 Å². The highest BCUT2D eigenvalue weighted by Crippen LogP contribution is 2.32. The molecule has 0 saturated carbocycles. The van der Waals surface area contributed by atoms with Crippen molar-refractivity contribution in [3.8, 4) is 0 Å². The van der Waals surface area contributed by atoms with Crippen molar-refractivity contribution in [3.05, 3.63) is 0 Å². The Morgan fingerprint density at radius 1 is 1.75 bits per heavy atom. The molecule has 68 valence electrons. The second-order valence-corrected chi connectivity index (χ2v) is 3.73. The molecule has 1 fully saturated rings. The van der Waals surface area contributed by atoms with Gasteiger partial charge in [-0.15, -0.1) is 11.8 Å². The maximum Gasteiger partial charge on any atom is 0.323 e. The molecule has 0 aliphatic carbocycles. The van der Waals surface area contributed by atoms with E-state index in [2.05, 4.69) is 0 Å². The number of carboxylic acid groups (broad SMARTS) is 1. The van der Waals surface area contributed by atoms with Crippen molar-refractivity contribution >= 4 is 23.6 Å². The Morgan fingerprint density at radius 2 is 2.33 bits per heavy atom. The number of thioether (sulfide) groups is 1. The van der Waals surface area contributed by atoms with E-state index in [1.807, 2.05) is 13.2 Å². The highest BCUT2D eigenvalue weighted by molar-refractivity contribution is 7.99. The number of β-lactam (4-membered cyclic amide) rings is 1. The fraction of sp³-hybridized carbons (Fsp3) is 0.714. The third-order valence-electron chi connectivity index (χ3n) is 1.95. The van der Waals surface area contributed by atoms with Gasteiger partial charge >= 0.3 is 5.97 Å². The van der Waals surface area contributed by atoms with Gasteiger partial charge in [0, 0.05) is 0 Å². The Morgan fingerprint density at radius 3 is 2.75 bits per heavy atom. The van der Waals surface area contributed by atoms with Crippen molar-refractivity contribution < 1.29 is 14.7 Å². The van der Waals surface area contributed by atoms with E-state index < -0.39 is 5.97 Å². The fourth-order valence-electron chi connectivity index (χ4n) is 1.34. The summed E-state index contributed by atoms with van der Waals surface area (Å²) in [7, 11) is 0. The van der Waals surface area contributed by atoms with Crippen molar-refractivity contribution in [3.63, 3.8) is 0 Å². The van der Waals surface area contributed by atoms with Crippen LogP contribution in [0.25, 0.3) is 0 Å². The fourth-order valence-corrected chi connectivity index (χ4v) is 2.30. The summed E-state index contributed by atoms with van der Waals surface area (Å²) in [6.45, 7) is 1.65. The van der Waals surface area contributed by atoms with Crippen LogP contribution >= 0.6 is 11.8 Å². The Balaban J connectivity index is 2.54. The van der Waals surface area contributed by atoms with Gasteiger partial charge in [-0.3, -0.25) is 9.59 Å². The van der Waals surface area contributed by atoms with Crippen molar-refractivity contribution in [2.45, 2.75) is 12.3 Å². The molecule has 0 bridgehead atoms. The molecule has 0 spiro atoms. The van der Waals surface area contributed by atoms with Gasteiger partial charge in [0.25, 0.3) is 0 Å². The largest absolute Gasteiger partial charge is 0.480 e. The number of carboxylic acids is 1. The van der Waals surface area contributed by atoms with Gasteiger partial charge in [-0.25, -0.2) is 0 Å². The summed E-state index contributed by atoms with van der Waals surface area (Å²) in [6.07, 6.45) is 1.88. The third kappa shape index (κ3) is 1.41. The van der Waals surface area contributed by atoms with Crippen LogP contribution in [-0.2, 0) is 9.59 Å². The predicted octanol–water partition coefficient (Wildman–Crippen LogP) is 0.238. The van der Waals surface area contributed by atoms with E-state index in [0.29, 0.717) is 0 Å². The lowest BCUT2D eigenvalue weighted by molar-refractivity contribution is -0.156. The molecular weight excluding hydrogens is 178 g/mol. The lowest BCUT2D eigenvalue weighted by Crippen LogP contribution is -2.59. The molecule has 1 aliphatic heterocycles. The minimum absolute atomic E-state index is 0.0284. The summed E-state index contributed by atoms with van der Waals surface area (Å²) in [5.41, 5.74) is 0. The molecule has 2 atom stereocenters. The van der Waals surface area contributed by atoms with Crippen molar-refractivity contribution in [2.24, 2.45) is 5.92 Å². The maximum atomic E-state index is 11.1. The van der Waals surface area contributed by atoms with E-state index in [0.717, 1.165) is 0 Å². The standard InChI is InChI=1S/C7H11NO3S/c1-4-6(11)8(3-5(9)10)7(4)12-2/h4,7H,3H2,1-2H3,(H,9,10). The predicted molar refractivity (Wildman–Crippen MR) is 45.8 cm³/mol. The van der Waals surface area contributed by atoms with Gasteiger partial charge in [0.15, 0.2) is 0 Å². The number of amides is 1. The summed E-state index contributed by atoms with van der Waals surface area (Å²) >= 11 is 1.52. The average Bonchev–Trinajstić information content (AvgIpc) is 2.03. The SMILES string of the molecule is CSC1C(C)C(=O)N1CC(=O)O. The zero-order valence-corrected chi connectivity index (χ0v) is 7.80. The summed E-state index contributed by atoms with van der Waals surface area (Å²) in [5, 5.41) is 8.51. The molecule has 1 amide bonds. The van der Waals surface area contributed by atoms with Crippen molar-refractivity contribution in [2.75, 3.05) is 12.8 Å². The molecular formula is C7H11NO3S. The van der Waals surface area contributed by atoms with E-state index in [4.69, 9.17) is 5.11 Å². The number of hydrogen-bond donors (Lipinski definition) is 1. The van der Waals surface area contributed by atoms with Gasteiger partial charge < -0.3 is 10.0 Å². The summed E-state index contributed by atoms with van der Waals surface area (Å²) in [5.74, 6) is -1.04. The summed E-state index contributed by atoms with van der Waals surface area (Å²) in [4.78, 5) is 22.8. The van der Waals surface area contributed by atoms with E-state index >= 15 is 0 Å². The van der Waals surface area contributed by atoms with E-state index in [9.17, 15) is 9.59 Å². The van der Waals surface area contributed by atoms with Crippen LogP contribution in [0.4, 0.5) is 0 Å². The monoisotopic (exact) mass is 189 g/mol. The first kappa shape index (κ1) is 9.38. The first-order valence-corrected chi connectivity index (χ1v) is 4.91. The molecule has 0 aromatic rings. The highest BCUT2D eigenvalue weighted by Gasteiger charge is 2.44. The first-order chi connectivity index (χ1) is 5.57. The lowest BCUT2D eigenvalue weighted by Gasteiger charge is -2.43.